The minimum absolute atomic E-state index is 0.785. The molecule has 0 aliphatic rings. The first kappa shape index (κ1) is 18.3. The lowest BCUT2D eigenvalue weighted by atomic mass is 10.0. The maximum atomic E-state index is 5.83. The summed E-state index contributed by atoms with van der Waals surface area (Å²) < 4.78 is 8.27. The third-order valence-corrected chi connectivity index (χ3v) is 5.56. The molecule has 5 aromatic rings. The molecule has 30 heavy (non-hydrogen) atoms. The average Bonchev–Trinajstić information content (AvgIpc) is 3.14. The maximum absolute atomic E-state index is 5.83. The predicted octanol–water partition coefficient (Wildman–Crippen LogP) is 7.03. The first-order valence-electron chi connectivity index (χ1n) is 10.2. The van der Waals surface area contributed by atoms with Crippen LogP contribution in [0.2, 0.25) is 0 Å². The Morgan fingerprint density at radius 1 is 0.600 bits per heavy atom. The Morgan fingerprint density at radius 2 is 1.17 bits per heavy atom. The fourth-order valence-electron chi connectivity index (χ4n) is 4.26. The number of hydrogen-bond donors (Lipinski definition) is 0. The van der Waals surface area contributed by atoms with Gasteiger partial charge >= 0.3 is 0 Å². The van der Waals surface area contributed by atoms with E-state index < -0.39 is 0 Å². The standard InChI is InChI=1S/C28H23NO/c1-30-25-19-11-18-24-26(25)28(23-16-9-4-10-17-23)29(20-21-12-5-2-6-13-21)27(24)22-14-7-3-8-15-22/h2-19H,20H2,1H3. The molecule has 0 amide bonds. The largest absolute Gasteiger partial charge is 0.496 e. The van der Waals surface area contributed by atoms with Gasteiger partial charge in [-0.25, -0.2) is 0 Å². The van der Waals surface area contributed by atoms with E-state index in [1.807, 2.05) is 0 Å². The monoisotopic (exact) mass is 389 g/mol. The molecule has 0 unspecified atom stereocenters. The van der Waals surface area contributed by atoms with Crippen molar-refractivity contribution in [2.24, 2.45) is 0 Å². The predicted molar refractivity (Wildman–Crippen MR) is 125 cm³/mol. The van der Waals surface area contributed by atoms with Gasteiger partial charge in [-0.2, -0.15) is 0 Å². The summed E-state index contributed by atoms with van der Waals surface area (Å²) in [6.45, 7) is 0.785. The number of aromatic nitrogens is 1. The van der Waals surface area contributed by atoms with Crippen molar-refractivity contribution in [3.63, 3.8) is 0 Å². The minimum Gasteiger partial charge on any atom is -0.496 e. The van der Waals surface area contributed by atoms with Gasteiger partial charge in [0.1, 0.15) is 5.75 Å². The molecular weight excluding hydrogens is 366 g/mol. The second-order valence-corrected chi connectivity index (χ2v) is 7.38. The molecule has 0 saturated heterocycles. The van der Waals surface area contributed by atoms with Crippen molar-refractivity contribution >= 4 is 10.8 Å². The third kappa shape index (κ3) is 3.17. The van der Waals surface area contributed by atoms with E-state index in [0.29, 0.717) is 0 Å². The van der Waals surface area contributed by atoms with E-state index in [0.717, 1.165) is 17.7 Å². The van der Waals surface area contributed by atoms with Crippen LogP contribution in [0.1, 0.15) is 5.56 Å². The van der Waals surface area contributed by atoms with Crippen LogP contribution in [0.4, 0.5) is 0 Å². The Morgan fingerprint density at radius 3 is 1.77 bits per heavy atom. The summed E-state index contributed by atoms with van der Waals surface area (Å²) in [6.07, 6.45) is 0. The number of benzene rings is 4. The van der Waals surface area contributed by atoms with E-state index in [9.17, 15) is 0 Å². The van der Waals surface area contributed by atoms with Gasteiger partial charge in [-0.1, -0.05) is 103 Å². The van der Waals surface area contributed by atoms with Crippen LogP contribution < -0.4 is 4.74 Å². The van der Waals surface area contributed by atoms with Gasteiger partial charge in [-0.15, -0.1) is 0 Å². The molecule has 0 aliphatic heterocycles. The number of nitrogens with zero attached hydrogens (tertiary/aromatic N) is 1. The Kier molecular flexibility index (Phi) is 4.82. The molecule has 1 aromatic heterocycles. The molecule has 0 saturated carbocycles. The van der Waals surface area contributed by atoms with Crippen molar-refractivity contribution in [1.29, 1.82) is 0 Å². The van der Waals surface area contributed by atoms with Crippen LogP contribution in [-0.2, 0) is 6.54 Å². The van der Waals surface area contributed by atoms with E-state index in [4.69, 9.17) is 4.74 Å². The number of methoxy groups -OCH3 is 1. The van der Waals surface area contributed by atoms with Gasteiger partial charge in [-0.3, -0.25) is 0 Å². The highest BCUT2D eigenvalue weighted by atomic mass is 16.5. The van der Waals surface area contributed by atoms with Crippen molar-refractivity contribution in [3.05, 3.63) is 115 Å². The molecule has 4 aromatic carbocycles. The van der Waals surface area contributed by atoms with Gasteiger partial charge in [0.15, 0.2) is 0 Å². The van der Waals surface area contributed by atoms with Crippen molar-refractivity contribution < 1.29 is 4.74 Å². The fourth-order valence-corrected chi connectivity index (χ4v) is 4.26. The summed E-state index contributed by atoms with van der Waals surface area (Å²) in [6, 6.07) is 38.2. The van der Waals surface area contributed by atoms with E-state index in [2.05, 4.69) is 114 Å². The second kappa shape index (κ2) is 7.92. The van der Waals surface area contributed by atoms with E-state index in [1.54, 1.807) is 7.11 Å². The van der Waals surface area contributed by atoms with Gasteiger partial charge in [0, 0.05) is 11.9 Å². The van der Waals surface area contributed by atoms with Crippen LogP contribution in [0, 0.1) is 0 Å². The summed E-state index contributed by atoms with van der Waals surface area (Å²) in [5.41, 5.74) is 6.06. The van der Waals surface area contributed by atoms with Crippen LogP contribution in [0.5, 0.6) is 5.75 Å². The number of ether oxygens (including phenoxy) is 1. The lowest BCUT2D eigenvalue weighted by Crippen LogP contribution is -2.04. The summed E-state index contributed by atoms with van der Waals surface area (Å²) in [5.74, 6) is 0.898. The van der Waals surface area contributed by atoms with Crippen molar-refractivity contribution in [2.75, 3.05) is 7.11 Å². The van der Waals surface area contributed by atoms with E-state index in [-0.39, 0.29) is 0 Å². The van der Waals surface area contributed by atoms with Crippen molar-refractivity contribution in [3.8, 4) is 28.3 Å². The Balaban J connectivity index is 1.90. The topological polar surface area (TPSA) is 14.2 Å². The smallest absolute Gasteiger partial charge is 0.128 e. The van der Waals surface area contributed by atoms with Crippen LogP contribution in [-0.4, -0.2) is 11.7 Å². The zero-order valence-corrected chi connectivity index (χ0v) is 17.0. The minimum atomic E-state index is 0.785. The molecule has 0 N–H and O–H groups in total. The van der Waals surface area contributed by atoms with Crippen LogP contribution in [0.3, 0.4) is 0 Å². The van der Waals surface area contributed by atoms with Crippen molar-refractivity contribution in [2.45, 2.75) is 6.54 Å². The molecule has 2 heteroatoms. The van der Waals surface area contributed by atoms with E-state index in [1.165, 1.54) is 33.5 Å². The zero-order chi connectivity index (χ0) is 20.3. The quantitative estimate of drug-likeness (QED) is 0.315. The zero-order valence-electron chi connectivity index (χ0n) is 17.0. The van der Waals surface area contributed by atoms with Gasteiger partial charge in [0.05, 0.1) is 23.9 Å². The molecule has 5 rings (SSSR count). The molecule has 1 heterocycles. The fraction of sp³-hybridized carbons (Fsp3) is 0.0714. The first-order chi connectivity index (χ1) is 14.9. The summed E-state index contributed by atoms with van der Waals surface area (Å²) >= 11 is 0. The maximum Gasteiger partial charge on any atom is 0.128 e. The second-order valence-electron chi connectivity index (χ2n) is 7.38. The number of fused-ring (bicyclic) bond motifs is 1. The first-order valence-corrected chi connectivity index (χ1v) is 10.2. The molecular formula is C28H23NO. The molecule has 0 fully saturated rings. The molecule has 0 aliphatic carbocycles. The SMILES string of the molecule is COc1cccc2c(-c3ccccc3)n(Cc3ccccc3)c(-c3ccccc3)c12. The molecule has 0 atom stereocenters. The molecule has 0 radical (unpaired) electrons. The molecule has 146 valence electrons. The number of hydrogen-bond acceptors (Lipinski definition) is 1. The van der Waals surface area contributed by atoms with Crippen LogP contribution in [0.25, 0.3) is 33.3 Å². The highest BCUT2D eigenvalue weighted by Crippen LogP contribution is 2.43. The average molecular weight is 389 g/mol. The normalized spacial score (nSPS) is 11.0. The van der Waals surface area contributed by atoms with Gasteiger partial charge in [-0.05, 0) is 22.8 Å². The molecule has 0 spiro atoms. The Bertz CT molecular complexity index is 1270. The molecule has 2 nitrogen and oxygen atoms in total. The van der Waals surface area contributed by atoms with Gasteiger partial charge < -0.3 is 9.30 Å². The summed E-state index contributed by atoms with van der Waals surface area (Å²) in [7, 11) is 1.75. The van der Waals surface area contributed by atoms with Crippen molar-refractivity contribution in [1.82, 2.24) is 4.57 Å². The van der Waals surface area contributed by atoms with Gasteiger partial charge in [0.25, 0.3) is 0 Å². The van der Waals surface area contributed by atoms with E-state index >= 15 is 0 Å². The number of rotatable bonds is 5. The lowest BCUT2D eigenvalue weighted by Gasteiger charge is -2.15. The third-order valence-electron chi connectivity index (χ3n) is 5.56. The Hall–Kier alpha value is -3.78. The highest BCUT2D eigenvalue weighted by molar-refractivity contribution is 6.08. The highest BCUT2D eigenvalue weighted by Gasteiger charge is 2.22. The Labute approximate surface area is 177 Å². The summed E-state index contributed by atoms with van der Waals surface area (Å²) in [4.78, 5) is 0. The lowest BCUT2D eigenvalue weighted by molar-refractivity contribution is 0.420. The van der Waals surface area contributed by atoms with Crippen LogP contribution in [0.15, 0.2) is 109 Å². The van der Waals surface area contributed by atoms with Gasteiger partial charge in [0.2, 0.25) is 0 Å². The molecule has 0 bridgehead atoms. The van der Waals surface area contributed by atoms with Crippen LogP contribution >= 0.6 is 0 Å². The summed E-state index contributed by atoms with van der Waals surface area (Å²) in [5, 5.41) is 2.36.